The third-order valence-electron chi connectivity index (χ3n) is 10.6. The largest absolute Gasteiger partial charge is 0.469 e. The van der Waals surface area contributed by atoms with E-state index in [-0.39, 0.29) is 41.0 Å². The molecule has 4 rings (SSSR count). The summed E-state index contributed by atoms with van der Waals surface area (Å²) >= 11 is 0. The monoisotopic (exact) mass is 422 g/mol. The molecule has 0 saturated heterocycles. The number of hydrogen-bond acceptors (Lipinski definition) is 5. The third-order valence-corrected chi connectivity index (χ3v) is 10.6. The second-order valence-electron chi connectivity index (χ2n) is 11.6. The van der Waals surface area contributed by atoms with Gasteiger partial charge in [-0.05, 0) is 97.7 Å². The van der Waals surface area contributed by atoms with Gasteiger partial charge in [0.15, 0.2) is 0 Å². The number of aliphatic hydroxyl groups is 3. The van der Waals surface area contributed by atoms with Crippen LogP contribution in [0.2, 0.25) is 0 Å². The van der Waals surface area contributed by atoms with E-state index in [0.29, 0.717) is 36.0 Å². The molecule has 3 unspecified atom stereocenters. The molecule has 4 aliphatic carbocycles. The van der Waals surface area contributed by atoms with Crippen molar-refractivity contribution in [2.75, 3.05) is 7.11 Å². The molecule has 5 heteroatoms. The van der Waals surface area contributed by atoms with Crippen molar-refractivity contribution in [1.29, 1.82) is 0 Å². The fourth-order valence-electron chi connectivity index (χ4n) is 8.78. The summed E-state index contributed by atoms with van der Waals surface area (Å²) in [7, 11) is 1.44. The normalized spacial score (nSPS) is 51.4. The number of methoxy groups -OCH3 is 1. The zero-order chi connectivity index (χ0) is 21.8. The van der Waals surface area contributed by atoms with Crippen molar-refractivity contribution in [3.05, 3.63) is 0 Å². The Bertz CT molecular complexity index is 651. The van der Waals surface area contributed by atoms with E-state index in [1.165, 1.54) is 7.11 Å². The Kier molecular flexibility index (Phi) is 6.04. The molecule has 0 aliphatic heterocycles. The summed E-state index contributed by atoms with van der Waals surface area (Å²) in [5, 5.41) is 33.1. The molecule has 4 aliphatic rings. The average Bonchev–Trinajstić information content (AvgIpc) is 3.06. The van der Waals surface area contributed by atoms with Gasteiger partial charge in [0.2, 0.25) is 0 Å². The van der Waals surface area contributed by atoms with Gasteiger partial charge >= 0.3 is 5.97 Å². The first-order valence-electron chi connectivity index (χ1n) is 12.2. The zero-order valence-corrected chi connectivity index (χ0v) is 19.2. The Hall–Kier alpha value is -0.650. The standard InChI is InChI=1S/C25H42O5/c1-14(5-8-22(29)30-4)17-6-7-18-23-19(13-21(28)25(17,18)3)24(2)10-9-16(26)11-15(24)12-20(23)27/h14-21,23,26-28H,5-13H2,1-4H3/t14-,15?,16+,17?,18-,19-,20+,21-,23?,24-,25+/m0/s1. The van der Waals surface area contributed by atoms with Gasteiger partial charge in [-0.1, -0.05) is 20.8 Å². The van der Waals surface area contributed by atoms with Gasteiger partial charge in [-0.25, -0.2) is 0 Å². The third kappa shape index (κ3) is 3.34. The summed E-state index contributed by atoms with van der Waals surface area (Å²) in [5.41, 5.74) is -0.0882. The van der Waals surface area contributed by atoms with E-state index in [4.69, 9.17) is 4.74 Å². The molecule has 0 aromatic rings. The van der Waals surface area contributed by atoms with Gasteiger partial charge in [-0.15, -0.1) is 0 Å². The van der Waals surface area contributed by atoms with Crippen LogP contribution in [0.5, 0.6) is 0 Å². The fourth-order valence-corrected chi connectivity index (χ4v) is 8.78. The Morgan fingerprint density at radius 2 is 1.80 bits per heavy atom. The van der Waals surface area contributed by atoms with E-state index in [1.807, 2.05) is 0 Å². The van der Waals surface area contributed by atoms with Crippen molar-refractivity contribution in [3.63, 3.8) is 0 Å². The summed E-state index contributed by atoms with van der Waals surface area (Å²) in [6.45, 7) is 6.85. The number of rotatable bonds is 4. The van der Waals surface area contributed by atoms with Gasteiger partial charge in [-0.3, -0.25) is 4.79 Å². The first-order chi connectivity index (χ1) is 14.1. The Morgan fingerprint density at radius 3 is 2.50 bits per heavy atom. The van der Waals surface area contributed by atoms with Crippen LogP contribution in [-0.2, 0) is 9.53 Å². The second kappa shape index (κ2) is 8.04. The first kappa shape index (κ1) is 22.5. The van der Waals surface area contributed by atoms with E-state index in [2.05, 4.69) is 20.8 Å². The molecular formula is C25H42O5. The number of aliphatic hydroxyl groups excluding tert-OH is 3. The fraction of sp³-hybridized carbons (Fsp3) is 0.960. The average molecular weight is 423 g/mol. The highest BCUT2D eigenvalue weighted by Gasteiger charge is 2.65. The highest BCUT2D eigenvalue weighted by Crippen LogP contribution is 2.68. The van der Waals surface area contributed by atoms with E-state index >= 15 is 0 Å². The number of hydrogen-bond donors (Lipinski definition) is 3. The minimum atomic E-state index is -0.369. The molecule has 3 N–H and O–H groups in total. The van der Waals surface area contributed by atoms with E-state index in [9.17, 15) is 20.1 Å². The van der Waals surface area contributed by atoms with E-state index in [0.717, 1.165) is 51.4 Å². The molecule has 0 heterocycles. The Balaban J connectivity index is 1.58. The van der Waals surface area contributed by atoms with Crippen LogP contribution in [0.15, 0.2) is 0 Å². The topological polar surface area (TPSA) is 87.0 Å². The number of ether oxygens (including phenoxy) is 1. The lowest BCUT2D eigenvalue weighted by atomic mass is 9.43. The van der Waals surface area contributed by atoms with Crippen molar-refractivity contribution in [2.45, 2.75) is 96.9 Å². The molecule has 11 atom stereocenters. The molecule has 0 amide bonds. The molecule has 0 radical (unpaired) electrons. The SMILES string of the molecule is COC(=O)CC[C@H](C)C1CC[C@H]2C3[C@H](O)CC4C[C@H](O)CC[C@]4(C)[C@H]3C[C@H](O)[C@]12C. The number of carbonyl (C=O) groups is 1. The van der Waals surface area contributed by atoms with Gasteiger partial charge in [0.25, 0.3) is 0 Å². The lowest BCUT2D eigenvalue weighted by Crippen LogP contribution is -2.62. The predicted octanol–water partition coefficient (Wildman–Crippen LogP) is 3.54. The number of carbonyl (C=O) groups excluding carboxylic acids is 1. The first-order valence-corrected chi connectivity index (χ1v) is 12.2. The lowest BCUT2D eigenvalue weighted by Gasteiger charge is -2.63. The number of fused-ring (bicyclic) bond motifs is 5. The van der Waals surface area contributed by atoms with E-state index < -0.39 is 0 Å². The van der Waals surface area contributed by atoms with Crippen LogP contribution in [-0.4, -0.2) is 46.7 Å². The molecule has 0 aromatic carbocycles. The number of esters is 1. The van der Waals surface area contributed by atoms with Crippen molar-refractivity contribution in [3.8, 4) is 0 Å². The highest BCUT2D eigenvalue weighted by molar-refractivity contribution is 5.69. The van der Waals surface area contributed by atoms with Crippen LogP contribution in [0.25, 0.3) is 0 Å². The maximum Gasteiger partial charge on any atom is 0.305 e. The molecule has 4 fully saturated rings. The lowest BCUT2D eigenvalue weighted by molar-refractivity contribution is -0.207. The van der Waals surface area contributed by atoms with Crippen molar-refractivity contribution < 1.29 is 24.9 Å². The van der Waals surface area contributed by atoms with Gasteiger partial charge < -0.3 is 20.1 Å². The van der Waals surface area contributed by atoms with Gasteiger partial charge in [0.05, 0.1) is 25.4 Å². The maximum atomic E-state index is 11.7. The van der Waals surface area contributed by atoms with Crippen LogP contribution >= 0.6 is 0 Å². The van der Waals surface area contributed by atoms with E-state index in [1.54, 1.807) is 0 Å². The molecule has 30 heavy (non-hydrogen) atoms. The Morgan fingerprint density at radius 1 is 1.07 bits per heavy atom. The predicted molar refractivity (Wildman–Crippen MR) is 114 cm³/mol. The Labute approximate surface area is 181 Å². The van der Waals surface area contributed by atoms with Crippen LogP contribution in [0.4, 0.5) is 0 Å². The summed E-state index contributed by atoms with van der Waals surface area (Å²) in [5.74, 6) is 1.81. The molecule has 0 bridgehead atoms. The van der Waals surface area contributed by atoms with Crippen LogP contribution in [0.1, 0.15) is 78.6 Å². The van der Waals surface area contributed by atoms with Crippen molar-refractivity contribution >= 4 is 5.97 Å². The maximum absolute atomic E-state index is 11.7. The van der Waals surface area contributed by atoms with Gasteiger partial charge in [0, 0.05) is 6.42 Å². The van der Waals surface area contributed by atoms with Crippen molar-refractivity contribution in [2.24, 2.45) is 46.3 Å². The van der Waals surface area contributed by atoms with Crippen LogP contribution < -0.4 is 0 Å². The minimum absolute atomic E-state index is 0.111. The summed E-state index contributed by atoms with van der Waals surface area (Å²) in [6.07, 6.45) is 6.60. The zero-order valence-electron chi connectivity index (χ0n) is 19.2. The quantitative estimate of drug-likeness (QED) is 0.603. The summed E-state index contributed by atoms with van der Waals surface area (Å²) < 4.78 is 4.83. The second-order valence-corrected chi connectivity index (χ2v) is 11.6. The minimum Gasteiger partial charge on any atom is -0.469 e. The molecule has 172 valence electrons. The van der Waals surface area contributed by atoms with Gasteiger partial charge in [-0.2, -0.15) is 0 Å². The van der Waals surface area contributed by atoms with Crippen molar-refractivity contribution in [1.82, 2.24) is 0 Å². The molecule has 4 saturated carbocycles. The van der Waals surface area contributed by atoms with Gasteiger partial charge in [0.1, 0.15) is 0 Å². The smallest absolute Gasteiger partial charge is 0.305 e. The highest BCUT2D eigenvalue weighted by atomic mass is 16.5. The van der Waals surface area contributed by atoms with Crippen LogP contribution in [0.3, 0.4) is 0 Å². The molecule has 0 aromatic heterocycles. The summed E-state index contributed by atoms with van der Waals surface area (Å²) in [4.78, 5) is 11.7. The molecule has 5 nitrogen and oxygen atoms in total. The summed E-state index contributed by atoms with van der Waals surface area (Å²) in [6, 6.07) is 0. The molecular weight excluding hydrogens is 380 g/mol. The van der Waals surface area contributed by atoms with Crippen LogP contribution in [0, 0.1) is 46.3 Å². The molecule has 0 spiro atoms.